The summed E-state index contributed by atoms with van der Waals surface area (Å²) >= 11 is 0. The third-order valence-corrected chi connectivity index (χ3v) is 6.08. The van der Waals surface area contributed by atoms with Crippen molar-refractivity contribution in [2.75, 3.05) is 10.1 Å². The number of rotatable bonds is 6. The predicted molar refractivity (Wildman–Crippen MR) is 142 cm³/mol. The van der Waals surface area contributed by atoms with Crippen LogP contribution in [0, 0.1) is 0 Å². The van der Waals surface area contributed by atoms with E-state index in [1.165, 1.54) is 32.4 Å². The molecular formula is C29H46N2O2. The van der Waals surface area contributed by atoms with E-state index in [1.54, 1.807) is 0 Å². The van der Waals surface area contributed by atoms with Gasteiger partial charge in [-0.1, -0.05) is 53.7 Å². The van der Waals surface area contributed by atoms with Gasteiger partial charge in [-0.05, 0) is 105 Å². The van der Waals surface area contributed by atoms with Gasteiger partial charge in [-0.2, -0.15) is 0 Å². The standard InChI is InChI=1S/C29H46N2O2/c1-18(2)21-15-25(19(3)4)27(26(16-21)20(5)6)22-13-23(30(32)28(7,8)9)17-24(14-22)31(33)29(10,11)12/h13-20,32-33H,1-12H3. The minimum Gasteiger partial charge on any atom is -0.288 e. The molecule has 0 spiro atoms. The minimum absolute atomic E-state index is 0.337. The zero-order valence-electron chi connectivity index (χ0n) is 22.9. The summed E-state index contributed by atoms with van der Waals surface area (Å²) in [6.07, 6.45) is 0. The second-order valence-corrected chi connectivity index (χ2v) is 12.2. The van der Waals surface area contributed by atoms with Crippen molar-refractivity contribution in [3.8, 4) is 11.1 Å². The van der Waals surface area contributed by atoms with Gasteiger partial charge < -0.3 is 0 Å². The maximum Gasteiger partial charge on any atom is 0.0668 e. The van der Waals surface area contributed by atoms with E-state index in [-0.39, 0.29) is 0 Å². The first-order valence-electron chi connectivity index (χ1n) is 12.3. The number of benzene rings is 2. The number of hydrogen-bond acceptors (Lipinski definition) is 4. The lowest BCUT2D eigenvalue weighted by Crippen LogP contribution is -2.40. The second-order valence-electron chi connectivity index (χ2n) is 12.2. The highest BCUT2D eigenvalue weighted by atomic mass is 16.5. The molecule has 2 N–H and O–H groups in total. The predicted octanol–water partition coefficient (Wildman–Crippen LogP) is 8.71. The SMILES string of the molecule is CC(C)c1cc(C(C)C)c(-c2cc(N(O)C(C)(C)C)cc(N(O)C(C)(C)C)c2)c(C(C)C)c1. The van der Waals surface area contributed by atoms with Crippen molar-refractivity contribution in [2.45, 2.75) is 112 Å². The number of hydroxylamine groups is 2. The summed E-state index contributed by atoms with van der Waals surface area (Å²) in [5, 5.41) is 24.7. The van der Waals surface area contributed by atoms with Crippen molar-refractivity contribution in [2.24, 2.45) is 0 Å². The van der Waals surface area contributed by atoms with Gasteiger partial charge in [-0.25, -0.2) is 0 Å². The van der Waals surface area contributed by atoms with Gasteiger partial charge >= 0.3 is 0 Å². The zero-order chi connectivity index (χ0) is 25.5. The van der Waals surface area contributed by atoms with Crippen LogP contribution in [0.3, 0.4) is 0 Å². The van der Waals surface area contributed by atoms with Gasteiger partial charge in [0.1, 0.15) is 0 Å². The fourth-order valence-corrected chi connectivity index (χ4v) is 4.05. The van der Waals surface area contributed by atoms with Crippen LogP contribution in [-0.2, 0) is 0 Å². The average molecular weight is 455 g/mol. The van der Waals surface area contributed by atoms with Crippen LogP contribution in [-0.4, -0.2) is 21.5 Å². The molecule has 2 aromatic rings. The third-order valence-electron chi connectivity index (χ3n) is 6.08. The molecule has 2 rings (SSSR count). The van der Waals surface area contributed by atoms with Crippen LogP contribution < -0.4 is 10.1 Å². The lowest BCUT2D eigenvalue weighted by atomic mass is 9.81. The fraction of sp³-hybridized carbons (Fsp3) is 0.586. The number of nitrogens with zero attached hydrogens (tertiary/aromatic N) is 2. The van der Waals surface area contributed by atoms with Crippen molar-refractivity contribution in [1.82, 2.24) is 0 Å². The van der Waals surface area contributed by atoms with E-state index in [4.69, 9.17) is 0 Å². The van der Waals surface area contributed by atoms with Gasteiger partial charge in [0, 0.05) is 0 Å². The van der Waals surface area contributed by atoms with E-state index >= 15 is 0 Å². The van der Waals surface area contributed by atoms with Crippen molar-refractivity contribution in [1.29, 1.82) is 0 Å². The Balaban J connectivity index is 2.95. The molecule has 4 nitrogen and oxygen atoms in total. The molecule has 33 heavy (non-hydrogen) atoms. The molecule has 2 aromatic carbocycles. The summed E-state index contributed by atoms with van der Waals surface area (Å²) in [4.78, 5) is 0. The molecule has 0 radical (unpaired) electrons. The molecule has 184 valence electrons. The zero-order valence-corrected chi connectivity index (χ0v) is 22.9. The average Bonchev–Trinajstić information content (AvgIpc) is 2.69. The fourth-order valence-electron chi connectivity index (χ4n) is 4.05. The molecule has 0 saturated heterocycles. The van der Waals surface area contributed by atoms with Gasteiger partial charge in [0.2, 0.25) is 0 Å². The van der Waals surface area contributed by atoms with Crippen LogP contribution in [0.4, 0.5) is 11.4 Å². The molecule has 0 bridgehead atoms. The van der Waals surface area contributed by atoms with Gasteiger partial charge in [0.15, 0.2) is 0 Å². The maximum absolute atomic E-state index is 11.0. The first-order valence-corrected chi connectivity index (χ1v) is 12.3. The second kappa shape index (κ2) is 9.68. The quantitative estimate of drug-likeness (QED) is 0.428. The molecular weight excluding hydrogens is 408 g/mol. The topological polar surface area (TPSA) is 46.9 Å². The molecule has 0 atom stereocenters. The Hall–Kier alpha value is -2.04. The van der Waals surface area contributed by atoms with Crippen molar-refractivity contribution < 1.29 is 10.4 Å². The maximum atomic E-state index is 11.0. The molecule has 0 saturated carbocycles. The molecule has 0 aromatic heterocycles. The normalized spacial score (nSPS) is 12.8. The Morgan fingerprint density at radius 2 is 0.939 bits per heavy atom. The third kappa shape index (κ3) is 6.10. The lowest BCUT2D eigenvalue weighted by Gasteiger charge is -2.35. The molecule has 0 amide bonds. The van der Waals surface area contributed by atoms with E-state index in [0.29, 0.717) is 29.1 Å². The molecule has 0 aliphatic rings. The summed E-state index contributed by atoms with van der Waals surface area (Å²) in [6.45, 7) is 25.2. The first kappa shape index (κ1) is 27.2. The molecule has 0 fully saturated rings. The van der Waals surface area contributed by atoms with Gasteiger partial charge in [-0.15, -0.1) is 0 Å². The Kier molecular flexibility index (Phi) is 7.98. The lowest BCUT2D eigenvalue weighted by molar-refractivity contribution is 0.177. The van der Waals surface area contributed by atoms with Crippen LogP contribution in [0.5, 0.6) is 0 Å². The van der Waals surface area contributed by atoms with Crippen molar-refractivity contribution >= 4 is 11.4 Å². The Morgan fingerprint density at radius 3 is 1.21 bits per heavy atom. The summed E-state index contributed by atoms with van der Waals surface area (Å²) in [6, 6.07) is 10.6. The highest BCUT2D eigenvalue weighted by Crippen LogP contribution is 2.42. The molecule has 4 heteroatoms. The monoisotopic (exact) mass is 454 g/mol. The highest BCUT2D eigenvalue weighted by molar-refractivity contribution is 5.80. The van der Waals surface area contributed by atoms with E-state index in [9.17, 15) is 10.4 Å². The van der Waals surface area contributed by atoms with Crippen LogP contribution in [0.1, 0.15) is 118 Å². The van der Waals surface area contributed by atoms with Crippen molar-refractivity contribution in [3.63, 3.8) is 0 Å². The van der Waals surface area contributed by atoms with Crippen LogP contribution in [0.2, 0.25) is 0 Å². The van der Waals surface area contributed by atoms with Gasteiger partial charge in [-0.3, -0.25) is 20.5 Å². The summed E-state index contributed by atoms with van der Waals surface area (Å²) in [5.41, 5.74) is 6.52. The van der Waals surface area contributed by atoms with Crippen molar-refractivity contribution in [3.05, 3.63) is 47.0 Å². The molecule has 0 aliphatic carbocycles. The summed E-state index contributed by atoms with van der Waals surface area (Å²) in [5.74, 6) is 1.12. The molecule has 0 aliphatic heterocycles. The van der Waals surface area contributed by atoms with E-state index in [2.05, 4.69) is 53.7 Å². The highest BCUT2D eigenvalue weighted by Gasteiger charge is 2.27. The Morgan fingerprint density at radius 1 is 0.576 bits per heavy atom. The molecule has 0 unspecified atom stereocenters. The van der Waals surface area contributed by atoms with Crippen LogP contribution >= 0.6 is 0 Å². The largest absolute Gasteiger partial charge is 0.288 e. The van der Waals surface area contributed by atoms with Crippen LogP contribution in [0.25, 0.3) is 11.1 Å². The first-order chi connectivity index (χ1) is 14.9. The van der Waals surface area contributed by atoms with Gasteiger partial charge in [0.05, 0.1) is 22.5 Å². The Labute approximate surface area is 202 Å². The van der Waals surface area contributed by atoms with E-state index < -0.39 is 11.1 Å². The Bertz CT molecular complexity index is 895. The summed E-state index contributed by atoms with van der Waals surface area (Å²) < 4.78 is 0. The molecule has 0 heterocycles. The van der Waals surface area contributed by atoms with E-state index in [0.717, 1.165) is 5.56 Å². The van der Waals surface area contributed by atoms with Gasteiger partial charge in [0.25, 0.3) is 0 Å². The smallest absolute Gasteiger partial charge is 0.0668 e. The number of anilines is 2. The summed E-state index contributed by atoms with van der Waals surface area (Å²) in [7, 11) is 0. The minimum atomic E-state index is -0.485. The van der Waals surface area contributed by atoms with Crippen LogP contribution in [0.15, 0.2) is 30.3 Å². The van der Waals surface area contributed by atoms with E-state index in [1.807, 2.05) is 59.7 Å². The number of hydrogen-bond donors (Lipinski definition) is 2.